The highest BCUT2D eigenvalue weighted by atomic mass is 16.3. The summed E-state index contributed by atoms with van der Waals surface area (Å²) in [7, 11) is 0. The first-order chi connectivity index (χ1) is 8.56. The molecule has 3 nitrogen and oxygen atoms in total. The summed E-state index contributed by atoms with van der Waals surface area (Å²) in [5.41, 5.74) is 2.86. The molecule has 0 amide bonds. The van der Waals surface area contributed by atoms with Gasteiger partial charge in [0.15, 0.2) is 0 Å². The second kappa shape index (κ2) is 5.00. The van der Waals surface area contributed by atoms with Crippen LogP contribution in [0.4, 0.5) is 5.69 Å². The van der Waals surface area contributed by atoms with Crippen LogP contribution in [0, 0.1) is 6.92 Å². The van der Waals surface area contributed by atoms with E-state index in [0.717, 1.165) is 5.69 Å². The highest BCUT2D eigenvalue weighted by molar-refractivity contribution is 5.49. The van der Waals surface area contributed by atoms with Crippen LogP contribution in [-0.4, -0.2) is 10.2 Å². The molecule has 0 fully saturated rings. The average Bonchev–Trinajstić information content (AvgIpc) is 2.35. The molecule has 3 heteroatoms. The van der Waals surface area contributed by atoms with Crippen LogP contribution in [-0.2, 0) is 0 Å². The molecule has 2 aromatic carbocycles. The topological polar surface area (TPSA) is 52.5 Å². The maximum Gasteiger partial charge on any atom is 0.121 e. The van der Waals surface area contributed by atoms with Crippen molar-refractivity contribution in [1.82, 2.24) is 0 Å². The number of phenolic OH excluding ortho intramolecular Hbond substituents is 2. The largest absolute Gasteiger partial charge is 0.508 e. The number of nitrogens with one attached hydrogen (secondary N) is 1. The lowest BCUT2D eigenvalue weighted by Gasteiger charge is -2.17. The molecule has 0 bridgehead atoms. The van der Waals surface area contributed by atoms with Gasteiger partial charge in [-0.2, -0.15) is 0 Å². The first-order valence-corrected chi connectivity index (χ1v) is 5.91. The van der Waals surface area contributed by atoms with Crippen LogP contribution in [0.25, 0.3) is 0 Å². The van der Waals surface area contributed by atoms with Gasteiger partial charge in [-0.15, -0.1) is 0 Å². The number of phenols is 2. The molecule has 0 saturated carbocycles. The van der Waals surface area contributed by atoms with E-state index in [0.29, 0.717) is 5.56 Å². The summed E-state index contributed by atoms with van der Waals surface area (Å²) in [6.07, 6.45) is 0. The molecule has 0 heterocycles. The van der Waals surface area contributed by atoms with Gasteiger partial charge in [-0.1, -0.05) is 17.7 Å². The third kappa shape index (κ3) is 2.74. The molecule has 3 N–H and O–H groups in total. The Bertz CT molecular complexity index is 535. The monoisotopic (exact) mass is 243 g/mol. The minimum absolute atomic E-state index is 0.0835. The number of rotatable bonds is 3. The quantitative estimate of drug-likeness (QED) is 0.722. The molecule has 2 aromatic rings. The summed E-state index contributed by atoms with van der Waals surface area (Å²) < 4.78 is 0. The number of hydrogen-bond acceptors (Lipinski definition) is 3. The number of anilines is 1. The van der Waals surface area contributed by atoms with Gasteiger partial charge in [0, 0.05) is 11.3 Å². The number of aromatic hydroxyl groups is 2. The molecule has 0 aliphatic heterocycles. The molecule has 0 aromatic heterocycles. The van der Waals surface area contributed by atoms with Gasteiger partial charge in [-0.3, -0.25) is 0 Å². The Morgan fingerprint density at radius 3 is 2.33 bits per heavy atom. The average molecular weight is 243 g/mol. The summed E-state index contributed by atoms with van der Waals surface area (Å²) in [5, 5.41) is 22.5. The lowest BCUT2D eigenvalue weighted by Crippen LogP contribution is -2.06. The minimum Gasteiger partial charge on any atom is -0.508 e. The number of hydrogen-bond donors (Lipinski definition) is 3. The molecule has 1 atom stereocenters. The zero-order chi connectivity index (χ0) is 13.1. The summed E-state index contributed by atoms with van der Waals surface area (Å²) >= 11 is 0. The Morgan fingerprint density at radius 1 is 1.00 bits per heavy atom. The van der Waals surface area contributed by atoms with Gasteiger partial charge in [0.25, 0.3) is 0 Å². The fourth-order valence-electron chi connectivity index (χ4n) is 1.87. The normalized spacial score (nSPS) is 12.1. The minimum atomic E-state index is -0.0835. The van der Waals surface area contributed by atoms with E-state index in [1.165, 1.54) is 17.7 Å². The molecule has 0 spiro atoms. The fraction of sp³-hybridized carbons (Fsp3) is 0.200. The van der Waals surface area contributed by atoms with Crippen molar-refractivity contribution < 1.29 is 10.2 Å². The van der Waals surface area contributed by atoms with Crippen LogP contribution in [0.2, 0.25) is 0 Å². The van der Waals surface area contributed by atoms with Crippen molar-refractivity contribution in [2.24, 2.45) is 0 Å². The highest BCUT2D eigenvalue weighted by Crippen LogP contribution is 2.29. The smallest absolute Gasteiger partial charge is 0.121 e. The van der Waals surface area contributed by atoms with E-state index in [9.17, 15) is 10.2 Å². The summed E-state index contributed by atoms with van der Waals surface area (Å²) in [6, 6.07) is 12.5. The van der Waals surface area contributed by atoms with Crippen LogP contribution < -0.4 is 5.32 Å². The second-order valence-corrected chi connectivity index (χ2v) is 4.48. The van der Waals surface area contributed by atoms with Crippen molar-refractivity contribution in [2.75, 3.05) is 5.32 Å². The first kappa shape index (κ1) is 12.3. The van der Waals surface area contributed by atoms with Crippen LogP contribution in [0.3, 0.4) is 0 Å². The zero-order valence-electron chi connectivity index (χ0n) is 10.5. The van der Waals surface area contributed by atoms with Gasteiger partial charge in [0.1, 0.15) is 11.5 Å². The van der Waals surface area contributed by atoms with Gasteiger partial charge in [0.05, 0.1) is 6.04 Å². The van der Waals surface area contributed by atoms with Crippen molar-refractivity contribution in [3.63, 3.8) is 0 Å². The Balaban J connectivity index is 2.18. The van der Waals surface area contributed by atoms with E-state index in [1.54, 1.807) is 6.07 Å². The molecule has 0 saturated heterocycles. The molecule has 0 aliphatic carbocycles. The van der Waals surface area contributed by atoms with Crippen LogP contribution >= 0.6 is 0 Å². The van der Waals surface area contributed by atoms with Crippen molar-refractivity contribution >= 4 is 5.69 Å². The van der Waals surface area contributed by atoms with Gasteiger partial charge in [0.2, 0.25) is 0 Å². The van der Waals surface area contributed by atoms with Gasteiger partial charge in [-0.25, -0.2) is 0 Å². The molecule has 94 valence electrons. The molecular formula is C15H17NO2. The first-order valence-electron chi connectivity index (χ1n) is 5.91. The standard InChI is InChI=1S/C15H17NO2/c1-10-3-5-12(6-4-10)16-11(2)14-9-13(17)7-8-15(14)18/h3-9,11,16-18H,1-2H3. The van der Waals surface area contributed by atoms with Crippen LogP contribution in [0.15, 0.2) is 42.5 Å². The van der Waals surface area contributed by atoms with Gasteiger partial charge >= 0.3 is 0 Å². The lowest BCUT2D eigenvalue weighted by molar-refractivity contribution is 0.451. The van der Waals surface area contributed by atoms with Gasteiger partial charge in [-0.05, 0) is 44.2 Å². The molecule has 2 rings (SSSR count). The summed E-state index contributed by atoms with van der Waals surface area (Å²) in [4.78, 5) is 0. The summed E-state index contributed by atoms with van der Waals surface area (Å²) in [6.45, 7) is 3.97. The Kier molecular flexibility index (Phi) is 3.42. The van der Waals surface area contributed by atoms with E-state index in [1.807, 2.05) is 38.1 Å². The van der Waals surface area contributed by atoms with Crippen molar-refractivity contribution in [2.45, 2.75) is 19.9 Å². The molecule has 0 aliphatic rings. The predicted molar refractivity (Wildman–Crippen MR) is 73.0 cm³/mol. The van der Waals surface area contributed by atoms with Crippen molar-refractivity contribution in [3.8, 4) is 11.5 Å². The van der Waals surface area contributed by atoms with E-state index >= 15 is 0 Å². The van der Waals surface area contributed by atoms with Crippen molar-refractivity contribution in [1.29, 1.82) is 0 Å². The van der Waals surface area contributed by atoms with Crippen molar-refractivity contribution in [3.05, 3.63) is 53.6 Å². The van der Waals surface area contributed by atoms with E-state index in [-0.39, 0.29) is 17.5 Å². The van der Waals surface area contributed by atoms with Crippen LogP contribution in [0.5, 0.6) is 11.5 Å². The highest BCUT2D eigenvalue weighted by Gasteiger charge is 2.11. The predicted octanol–water partition coefficient (Wildman–Crippen LogP) is 3.58. The third-order valence-corrected chi connectivity index (χ3v) is 2.91. The molecular weight excluding hydrogens is 226 g/mol. The maximum absolute atomic E-state index is 9.78. The summed E-state index contributed by atoms with van der Waals surface area (Å²) in [5.74, 6) is 0.334. The SMILES string of the molecule is Cc1ccc(NC(C)c2cc(O)ccc2O)cc1. The van der Waals surface area contributed by atoms with Gasteiger partial charge < -0.3 is 15.5 Å². The second-order valence-electron chi connectivity index (χ2n) is 4.48. The Morgan fingerprint density at radius 2 is 1.67 bits per heavy atom. The fourth-order valence-corrected chi connectivity index (χ4v) is 1.87. The zero-order valence-corrected chi connectivity index (χ0v) is 10.5. The van der Waals surface area contributed by atoms with E-state index in [4.69, 9.17) is 0 Å². The maximum atomic E-state index is 9.78. The Hall–Kier alpha value is -2.16. The third-order valence-electron chi connectivity index (χ3n) is 2.91. The Labute approximate surface area is 107 Å². The number of aryl methyl sites for hydroxylation is 1. The molecule has 18 heavy (non-hydrogen) atoms. The molecule has 1 unspecified atom stereocenters. The van der Waals surface area contributed by atoms with Crippen LogP contribution in [0.1, 0.15) is 24.1 Å². The number of benzene rings is 2. The molecule has 0 radical (unpaired) electrons. The lowest BCUT2D eigenvalue weighted by atomic mass is 10.1. The van der Waals surface area contributed by atoms with E-state index in [2.05, 4.69) is 5.32 Å². The van der Waals surface area contributed by atoms with E-state index < -0.39 is 0 Å².